The van der Waals surface area contributed by atoms with E-state index in [1.165, 1.54) is 15.9 Å². The summed E-state index contributed by atoms with van der Waals surface area (Å²) < 4.78 is 0. The second kappa shape index (κ2) is 6.11. The fourth-order valence-corrected chi connectivity index (χ4v) is 7.05. The molecule has 3 heteroatoms. The van der Waals surface area contributed by atoms with Crippen LogP contribution in [0.2, 0.25) is 0 Å². The zero-order valence-electron chi connectivity index (χ0n) is 11.6. The lowest BCUT2D eigenvalue weighted by Gasteiger charge is -2.28. The van der Waals surface area contributed by atoms with E-state index in [2.05, 4.69) is 30.3 Å². The lowest BCUT2D eigenvalue weighted by Crippen LogP contribution is -2.20. The van der Waals surface area contributed by atoms with Crippen molar-refractivity contribution in [1.82, 2.24) is 0 Å². The van der Waals surface area contributed by atoms with Gasteiger partial charge < -0.3 is 5.11 Å². The van der Waals surface area contributed by atoms with Crippen molar-refractivity contribution in [1.29, 1.82) is 0 Å². The minimum atomic E-state index is -2.07. The fourth-order valence-electron chi connectivity index (χ4n) is 2.73. The van der Waals surface area contributed by atoms with Crippen LogP contribution in [0.1, 0.15) is 0 Å². The number of allylic oxidation sites excluding steroid dienone is 2. The van der Waals surface area contributed by atoms with E-state index in [9.17, 15) is 5.11 Å². The van der Waals surface area contributed by atoms with Crippen molar-refractivity contribution in [3.8, 4) is 0 Å². The minimum absolute atomic E-state index is 0.0382. The Hall–Kier alpha value is -1.47. The van der Waals surface area contributed by atoms with Crippen molar-refractivity contribution in [3.63, 3.8) is 0 Å². The van der Waals surface area contributed by atoms with Gasteiger partial charge in [0.15, 0.2) is 0 Å². The van der Waals surface area contributed by atoms with Crippen LogP contribution in [0.4, 0.5) is 0 Å². The number of rotatable bonds is 4. The predicted molar refractivity (Wildman–Crippen MR) is 94.2 cm³/mol. The van der Waals surface area contributed by atoms with E-state index in [1.54, 1.807) is 0 Å². The first-order valence-electron chi connectivity index (χ1n) is 6.98. The van der Waals surface area contributed by atoms with Gasteiger partial charge in [-0.15, -0.1) is 0 Å². The van der Waals surface area contributed by atoms with Crippen LogP contribution in [-0.2, 0) is 11.8 Å². The van der Waals surface area contributed by atoms with Gasteiger partial charge in [-0.1, -0.05) is 90.7 Å². The summed E-state index contributed by atoms with van der Waals surface area (Å²) in [6.45, 7) is 0.111. The van der Waals surface area contributed by atoms with Gasteiger partial charge in [-0.2, -0.15) is 0 Å². The highest BCUT2D eigenvalue weighted by Crippen LogP contribution is 2.56. The van der Waals surface area contributed by atoms with E-state index in [-0.39, 0.29) is 12.5 Å². The molecule has 0 fully saturated rings. The van der Waals surface area contributed by atoms with Crippen molar-refractivity contribution >= 4 is 28.5 Å². The zero-order valence-corrected chi connectivity index (χ0v) is 13.3. The molecule has 0 amide bonds. The third kappa shape index (κ3) is 2.55. The Kier molecular flexibility index (Phi) is 4.21. The molecule has 106 valence electrons. The average Bonchev–Trinajstić information content (AvgIpc) is 3.05. The Morgan fingerprint density at radius 3 is 1.90 bits per heavy atom. The van der Waals surface area contributed by atoms with Crippen LogP contribution < -0.4 is 10.6 Å². The maximum absolute atomic E-state index is 9.67. The molecular formula is C18H17OPS. The Bertz CT molecular complexity index is 676. The standard InChI is InChI=1S/C18H17OPS/c19-14-15-8-7-13-18(15)20(21,16-9-3-1-4-10-16)17-11-5-2-6-12-17/h1-13,15,19H,14H2. The van der Waals surface area contributed by atoms with Crippen LogP contribution in [0.15, 0.2) is 84.2 Å². The lowest BCUT2D eigenvalue weighted by molar-refractivity contribution is 0.273. The summed E-state index contributed by atoms with van der Waals surface area (Å²) in [5, 5.41) is 13.2. The molecule has 1 atom stereocenters. The van der Waals surface area contributed by atoms with E-state index < -0.39 is 6.04 Å². The molecule has 0 aliphatic heterocycles. The first-order valence-corrected chi connectivity index (χ1v) is 9.78. The Balaban J connectivity index is 2.20. The molecule has 0 heterocycles. The summed E-state index contributed by atoms with van der Waals surface area (Å²) in [4.78, 5) is 0. The molecule has 2 aromatic carbocycles. The highest BCUT2D eigenvalue weighted by molar-refractivity contribution is 8.24. The Morgan fingerprint density at radius 2 is 1.43 bits per heavy atom. The second-order valence-electron chi connectivity index (χ2n) is 5.05. The number of hydrogen-bond acceptors (Lipinski definition) is 2. The molecule has 1 aliphatic carbocycles. The molecule has 1 nitrogen and oxygen atoms in total. The first-order chi connectivity index (χ1) is 10.3. The largest absolute Gasteiger partial charge is 0.395 e. The third-order valence-corrected chi connectivity index (χ3v) is 8.95. The third-order valence-electron chi connectivity index (χ3n) is 3.79. The fraction of sp³-hybridized carbons (Fsp3) is 0.111. The molecule has 0 saturated heterocycles. The molecule has 1 N–H and O–H groups in total. The van der Waals surface area contributed by atoms with Gasteiger partial charge in [0.2, 0.25) is 0 Å². The molecule has 1 aliphatic rings. The molecule has 0 radical (unpaired) electrons. The van der Waals surface area contributed by atoms with Crippen molar-refractivity contribution in [2.75, 3.05) is 6.61 Å². The molecule has 1 unspecified atom stereocenters. The van der Waals surface area contributed by atoms with Crippen LogP contribution >= 0.6 is 6.04 Å². The number of hydrogen-bond donors (Lipinski definition) is 1. The highest BCUT2D eigenvalue weighted by Gasteiger charge is 2.31. The predicted octanol–water partition coefficient (Wildman–Crippen LogP) is 3.18. The van der Waals surface area contributed by atoms with Crippen LogP contribution in [0.5, 0.6) is 0 Å². The van der Waals surface area contributed by atoms with E-state index >= 15 is 0 Å². The maximum atomic E-state index is 9.67. The van der Waals surface area contributed by atoms with Gasteiger partial charge in [0.05, 0.1) is 6.61 Å². The summed E-state index contributed by atoms with van der Waals surface area (Å²) in [5.74, 6) is 0.0382. The van der Waals surface area contributed by atoms with Gasteiger partial charge in [0.1, 0.15) is 0 Å². The maximum Gasteiger partial charge on any atom is 0.0535 e. The molecule has 2 aromatic rings. The highest BCUT2D eigenvalue weighted by atomic mass is 32.4. The Labute approximate surface area is 130 Å². The van der Waals surface area contributed by atoms with Gasteiger partial charge in [-0.25, -0.2) is 0 Å². The summed E-state index contributed by atoms with van der Waals surface area (Å²) in [6, 6.07) is 18.6. The van der Waals surface area contributed by atoms with Crippen molar-refractivity contribution < 1.29 is 5.11 Å². The topological polar surface area (TPSA) is 20.2 Å². The van der Waals surface area contributed by atoms with E-state index in [4.69, 9.17) is 11.8 Å². The molecule has 21 heavy (non-hydrogen) atoms. The van der Waals surface area contributed by atoms with Gasteiger partial charge in [-0.3, -0.25) is 0 Å². The smallest absolute Gasteiger partial charge is 0.0535 e. The summed E-state index contributed by atoms with van der Waals surface area (Å²) in [5.41, 5.74) is 0. The summed E-state index contributed by atoms with van der Waals surface area (Å²) in [7, 11) is 0. The molecule has 0 spiro atoms. The number of aliphatic hydroxyl groups is 1. The summed E-state index contributed by atoms with van der Waals surface area (Å²) in [6.07, 6.45) is 6.16. The van der Waals surface area contributed by atoms with Crippen molar-refractivity contribution in [2.24, 2.45) is 5.92 Å². The normalized spacial score (nSPS) is 17.8. The lowest BCUT2D eigenvalue weighted by atomic mass is 10.2. The quantitative estimate of drug-likeness (QED) is 0.875. The van der Waals surface area contributed by atoms with Crippen LogP contribution in [0.3, 0.4) is 0 Å². The van der Waals surface area contributed by atoms with Crippen LogP contribution in [-0.4, -0.2) is 11.7 Å². The van der Waals surface area contributed by atoms with Crippen LogP contribution in [0, 0.1) is 5.92 Å². The summed E-state index contributed by atoms with van der Waals surface area (Å²) >= 11 is 6.23. The van der Waals surface area contributed by atoms with E-state index in [0.717, 1.165) is 0 Å². The van der Waals surface area contributed by atoms with Gasteiger partial charge in [0, 0.05) is 12.0 Å². The van der Waals surface area contributed by atoms with Crippen molar-refractivity contribution in [2.45, 2.75) is 0 Å². The van der Waals surface area contributed by atoms with E-state index in [0.29, 0.717) is 0 Å². The second-order valence-corrected chi connectivity index (χ2v) is 9.46. The molecular weight excluding hydrogens is 295 g/mol. The van der Waals surface area contributed by atoms with Gasteiger partial charge in [0.25, 0.3) is 0 Å². The molecule has 0 saturated carbocycles. The minimum Gasteiger partial charge on any atom is -0.395 e. The van der Waals surface area contributed by atoms with Crippen LogP contribution in [0.25, 0.3) is 0 Å². The Morgan fingerprint density at radius 1 is 0.905 bits per heavy atom. The van der Waals surface area contributed by atoms with Gasteiger partial charge in [-0.05, 0) is 15.9 Å². The molecule has 3 rings (SSSR count). The zero-order chi connectivity index (χ0) is 14.7. The molecule has 0 bridgehead atoms. The first kappa shape index (κ1) is 14.5. The average molecular weight is 312 g/mol. The monoisotopic (exact) mass is 312 g/mol. The van der Waals surface area contributed by atoms with Gasteiger partial charge >= 0.3 is 0 Å². The number of aliphatic hydroxyl groups excluding tert-OH is 1. The molecule has 0 aromatic heterocycles. The number of benzene rings is 2. The SMILES string of the molecule is OCC1C=CC=C1P(=S)(c1ccccc1)c1ccccc1. The van der Waals surface area contributed by atoms with E-state index in [1.807, 2.05) is 48.6 Å². The van der Waals surface area contributed by atoms with Crippen molar-refractivity contribution in [3.05, 3.63) is 84.2 Å².